The predicted molar refractivity (Wildman–Crippen MR) is 115 cm³/mol. The van der Waals surface area contributed by atoms with Gasteiger partial charge in [-0.3, -0.25) is 15.0 Å². The molecule has 6 nitrogen and oxygen atoms in total. The lowest BCUT2D eigenvalue weighted by Crippen LogP contribution is -2.41. The molecule has 2 rings (SSSR count). The van der Waals surface area contributed by atoms with E-state index in [1.807, 2.05) is 48.6 Å². The number of carbonyl (C=O) groups is 2. The molecule has 1 aliphatic carbocycles. The third kappa shape index (κ3) is 7.94. The number of nitrogens with one attached hydrogen (secondary N) is 2. The Morgan fingerprint density at radius 2 is 2.00 bits per heavy atom. The van der Waals surface area contributed by atoms with Gasteiger partial charge in [0.25, 0.3) is 0 Å². The zero-order valence-electron chi connectivity index (χ0n) is 17.0. The lowest BCUT2D eigenvalue weighted by atomic mass is 9.90. The van der Waals surface area contributed by atoms with Crippen LogP contribution in [0.3, 0.4) is 0 Å². The van der Waals surface area contributed by atoms with Crippen LogP contribution in [-0.2, 0) is 20.7 Å². The molecule has 29 heavy (non-hydrogen) atoms. The molecule has 1 aromatic rings. The van der Waals surface area contributed by atoms with Gasteiger partial charge in [0, 0.05) is 23.9 Å². The number of allylic oxidation sites excluding steroid dienone is 3. The molecule has 0 bridgehead atoms. The van der Waals surface area contributed by atoms with Crippen LogP contribution in [0.5, 0.6) is 0 Å². The first kappa shape index (κ1) is 22.4. The highest BCUT2D eigenvalue weighted by Gasteiger charge is 2.24. The number of hydrogen-bond acceptors (Lipinski definition) is 4. The zero-order valence-corrected chi connectivity index (χ0v) is 17.0. The number of ether oxygens (including phenoxy) is 1. The van der Waals surface area contributed by atoms with Crippen molar-refractivity contribution in [2.24, 2.45) is 11.7 Å². The standard InChI is InChI=1S/C23H31N3O3/c1-2-29-22(28)16-20(18-9-4-3-5-10-18)26-21(27)11-7-6-8-17-12-14-19(15-13-17)23(24)25/h3-5,9,12-15,18,20H,2,6-8,10-11,16H2,1H3,(H3,24,25)(H,26,27). The van der Waals surface area contributed by atoms with Gasteiger partial charge in [0.1, 0.15) is 5.84 Å². The van der Waals surface area contributed by atoms with E-state index in [0.717, 1.165) is 31.2 Å². The van der Waals surface area contributed by atoms with E-state index in [1.165, 1.54) is 0 Å². The Labute approximate surface area is 172 Å². The molecule has 1 aromatic carbocycles. The average molecular weight is 398 g/mol. The Morgan fingerprint density at radius 3 is 2.62 bits per heavy atom. The van der Waals surface area contributed by atoms with Crippen molar-refractivity contribution in [3.8, 4) is 0 Å². The molecule has 2 unspecified atom stereocenters. The predicted octanol–water partition coefficient (Wildman–Crippen LogP) is 3.25. The molecule has 0 aliphatic heterocycles. The van der Waals surface area contributed by atoms with Gasteiger partial charge >= 0.3 is 5.97 Å². The van der Waals surface area contributed by atoms with Crippen molar-refractivity contribution in [2.45, 2.75) is 51.5 Å². The third-order valence-electron chi connectivity index (χ3n) is 4.95. The number of nitrogen functional groups attached to an aromatic ring is 1. The van der Waals surface area contributed by atoms with Crippen LogP contribution in [0.15, 0.2) is 48.6 Å². The minimum absolute atomic E-state index is 0.0332. The molecule has 156 valence electrons. The van der Waals surface area contributed by atoms with Crippen molar-refractivity contribution in [1.82, 2.24) is 5.32 Å². The Balaban J connectivity index is 1.78. The fraction of sp³-hybridized carbons (Fsp3) is 0.435. The van der Waals surface area contributed by atoms with E-state index in [4.69, 9.17) is 15.9 Å². The van der Waals surface area contributed by atoms with Crippen molar-refractivity contribution in [3.63, 3.8) is 0 Å². The van der Waals surface area contributed by atoms with E-state index in [1.54, 1.807) is 6.92 Å². The van der Waals surface area contributed by atoms with E-state index in [0.29, 0.717) is 18.6 Å². The first-order valence-electron chi connectivity index (χ1n) is 10.2. The summed E-state index contributed by atoms with van der Waals surface area (Å²) >= 11 is 0. The van der Waals surface area contributed by atoms with Crippen LogP contribution < -0.4 is 11.1 Å². The largest absolute Gasteiger partial charge is 0.466 e. The van der Waals surface area contributed by atoms with Gasteiger partial charge in [-0.05, 0) is 38.2 Å². The molecule has 1 aliphatic rings. The summed E-state index contributed by atoms with van der Waals surface area (Å²) in [5.74, 6) is -0.147. The number of benzene rings is 1. The second-order valence-corrected chi connectivity index (χ2v) is 7.21. The summed E-state index contributed by atoms with van der Waals surface area (Å²) in [5, 5.41) is 10.4. The van der Waals surface area contributed by atoms with Crippen LogP contribution >= 0.6 is 0 Å². The van der Waals surface area contributed by atoms with Crippen molar-refractivity contribution in [3.05, 3.63) is 59.7 Å². The Bertz CT molecular complexity index is 753. The smallest absolute Gasteiger partial charge is 0.307 e. The molecule has 1 amide bonds. The minimum Gasteiger partial charge on any atom is -0.466 e. The number of aryl methyl sites for hydroxylation is 1. The van der Waals surface area contributed by atoms with E-state index in [2.05, 4.69) is 5.32 Å². The van der Waals surface area contributed by atoms with Crippen LogP contribution in [0.4, 0.5) is 0 Å². The monoisotopic (exact) mass is 397 g/mol. The van der Waals surface area contributed by atoms with Gasteiger partial charge in [-0.2, -0.15) is 0 Å². The van der Waals surface area contributed by atoms with Crippen molar-refractivity contribution in [1.29, 1.82) is 5.41 Å². The molecule has 4 N–H and O–H groups in total. The van der Waals surface area contributed by atoms with Crippen LogP contribution in [0.25, 0.3) is 0 Å². The summed E-state index contributed by atoms with van der Waals surface area (Å²) < 4.78 is 5.06. The summed E-state index contributed by atoms with van der Waals surface area (Å²) in [6, 6.07) is 7.37. The normalized spacial score (nSPS) is 16.2. The molecular formula is C23H31N3O3. The number of unbranched alkanes of at least 4 members (excludes halogenated alkanes) is 1. The molecule has 0 spiro atoms. The molecule has 2 atom stereocenters. The minimum atomic E-state index is -0.283. The van der Waals surface area contributed by atoms with Crippen molar-refractivity contribution in [2.75, 3.05) is 6.61 Å². The number of rotatable bonds is 11. The molecule has 0 fully saturated rings. The Morgan fingerprint density at radius 1 is 1.24 bits per heavy atom. The summed E-state index contributed by atoms with van der Waals surface area (Å²) in [6.45, 7) is 2.12. The van der Waals surface area contributed by atoms with Gasteiger partial charge in [0.05, 0.1) is 13.0 Å². The van der Waals surface area contributed by atoms with Crippen molar-refractivity contribution >= 4 is 17.7 Å². The maximum absolute atomic E-state index is 12.4. The van der Waals surface area contributed by atoms with Crippen LogP contribution in [-0.4, -0.2) is 30.4 Å². The first-order valence-corrected chi connectivity index (χ1v) is 10.2. The number of amides is 1. The maximum atomic E-state index is 12.4. The fourth-order valence-corrected chi connectivity index (χ4v) is 3.35. The maximum Gasteiger partial charge on any atom is 0.307 e. The number of amidine groups is 1. The highest BCUT2D eigenvalue weighted by Crippen LogP contribution is 2.19. The van der Waals surface area contributed by atoms with E-state index in [-0.39, 0.29) is 36.1 Å². The topological polar surface area (TPSA) is 105 Å². The van der Waals surface area contributed by atoms with Gasteiger partial charge in [-0.15, -0.1) is 0 Å². The summed E-state index contributed by atoms with van der Waals surface area (Å²) in [6.07, 6.45) is 12.0. The number of nitrogens with two attached hydrogens (primary N) is 1. The van der Waals surface area contributed by atoms with Gasteiger partial charge < -0.3 is 15.8 Å². The van der Waals surface area contributed by atoms with Gasteiger partial charge in [0.15, 0.2) is 0 Å². The molecule has 0 heterocycles. The van der Waals surface area contributed by atoms with Crippen LogP contribution in [0.1, 0.15) is 50.2 Å². The van der Waals surface area contributed by atoms with Crippen molar-refractivity contribution < 1.29 is 14.3 Å². The van der Waals surface area contributed by atoms with E-state index in [9.17, 15) is 9.59 Å². The van der Waals surface area contributed by atoms with Gasteiger partial charge in [-0.1, -0.05) is 48.6 Å². The molecule has 6 heteroatoms. The molecule has 0 saturated heterocycles. The summed E-state index contributed by atoms with van der Waals surface area (Å²) in [4.78, 5) is 24.3. The SMILES string of the molecule is CCOC(=O)CC(NC(=O)CCCCc1ccc(C(=N)N)cc1)C1C=CC=CC1. The lowest BCUT2D eigenvalue weighted by molar-refractivity contribution is -0.144. The Hall–Kier alpha value is -2.89. The number of esters is 1. The summed E-state index contributed by atoms with van der Waals surface area (Å²) in [5.41, 5.74) is 7.34. The average Bonchev–Trinajstić information content (AvgIpc) is 2.72. The second-order valence-electron chi connectivity index (χ2n) is 7.21. The highest BCUT2D eigenvalue weighted by molar-refractivity contribution is 5.94. The molecule has 0 radical (unpaired) electrons. The summed E-state index contributed by atoms with van der Waals surface area (Å²) in [7, 11) is 0. The highest BCUT2D eigenvalue weighted by atomic mass is 16.5. The fourth-order valence-electron chi connectivity index (χ4n) is 3.35. The molecular weight excluding hydrogens is 366 g/mol. The van der Waals surface area contributed by atoms with E-state index >= 15 is 0 Å². The quantitative estimate of drug-likeness (QED) is 0.231. The zero-order chi connectivity index (χ0) is 21.1. The van der Waals surface area contributed by atoms with Crippen LogP contribution in [0.2, 0.25) is 0 Å². The molecule has 0 saturated carbocycles. The number of carbonyl (C=O) groups excluding carboxylic acids is 2. The number of hydrogen-bond donors (Lipinski definition) is 3. The molecule has 0 aromatic heterocycles. The van der Waals surface area contributed by atoms with Crippen LogP contribution in [0, 0.1) is 11.3 Å². The second kappa shape index (κ2) is 11.8. The Kier molecular flexibility index (Phi) is 9.15. The lowest BCUT2D eigenvalue weighted by Gasteiger charge is -2.25. The van der Waals surface area contributed by atoms with Gasteiger partial charge in [-0.25, -0.2) is 0 Å². The third-order valence-corrected chi connectivity index (χ3v) is 4.95. The first-order chi connectivity index (χ1) is 14.0. The van der Waals surface area contributed by atoms with E-state index < -0.39 is 0 Å². The van der Waals surface area contributed by atoms with Gasteiger partial charge in [0.2, 0.25) is 5.91 Å².